The van der Waals surface area contributed by atoms with Gasteiger partial charge in [-0.05, 0) is 76.1 Å². The van der Waals surface area contributed by atoms with Crippen LogP contribution in [-0.4, -0.2) is 86.4 Å². The lowest BCUT2D eigenvalue weighted by Crippen LogP contribution is -2.19. The molecule has 0 aliphatic heterocycles. The quantitative estimate of drug-likeness (QED) is 0.394. The average Bonchev–Trinajstić information content (AvgIpc) is 2.78. The fourth-order valence-electron chi connectivity index (χ4n) is 2.54. The Morgan fingerprint density at radius 3 is 1.66 bits per heavy atom. The summed E-state index contributed by atoms with van der Waals surface area (Å²) in [7, 11) is 7.98. The summed E-state index contributed by atoms with van der Waals surface area (Å²) in [6.07, 6.45) is 3.39. The lowest BCUT2D eigenvalue weighted by molar-refractivity contribution is -0.137. The molecule has 2 rings (SSSR count). The number of halogens is 1. The zero-order valence-electron chi connectivity index (χ0n) is 20.8. The van der Waals surface area contributed by atoms with Crippen LogP contribution in [0.15, 0.2) is 54.6 Å². The third-order valence-corrected chi connectivity index (χ3v) is 4.46. The van der Waals surface area contributed by atoms with Gasteiger partial charge in [0.15, 0.2) is 0 Å². The van der Waals surface area contributed by atoms with Crippen molar-refractivity contribution in [3.05, 3.63) is 65.7 Å². The Balaban J connectivity index is 0.000000642. The third kappa shape index (κ3) is 17.1. The number of carboxylic acids is 2. The number of likely N-dealkylation sites (N-methyl/N-ethyl adjacent to an activating group) is 2. The molecule has 2 aromatic rings. The molecule has 2 N–H and O–H groups in total. The van der Waals surface area contributed by atoms with E-state index in [2.05, 4.69) is 4.90 Å². The highest BCUT2D eigenvalue weighted by Crippen LogP contribution is 2.14. The van der Waals surface area contributed by atoms with Crippen molar-refractivity contribution in [2.24, 2.45) is 0 Å². The van der Waals surface area contributed by atoms with E-state index >= 15 is 0 Å². The van der Waals surface area contributed by atoms with Crippen LogP contribution in [0, 0.1) is 0 Å². The van der Waals surface area contributed by atoms with Crippen LogP contribution in [0.3, 0.4) is 0 Å². The molecule has 9 heteroatoms. The molecule has 0 bridgehead atoms. The van der Waals surface area contributed by atoms with Gasteiger partial charge in [-0.1, -0.05) is 24.3 Å². The molecule has 0 radical (unpaired) electrons. The number of carbonyl (C=O) groups is 2. The maximum atomic E-state index is 10.4. The number of aliphatic carboxylic acids is 2. The van der Waals surface area contributed by atoms with Gasteiger partial charge in [0.2, 0.25) is 0 Å². The molecular formula is C26H37ClN2O6. The first-order valence-electron chi connectivity index (χ1n) is 11.0. The molecule has 0 saturated heterocycles. The molecule has 35 heavy (non-hydrogen) atoms. The topological polar surface area (TPSA) is 99.5 Å². The van der Waals surface area contributed by atoms with Gasteiger partial charge < -0.3 is 29.5 Å². The van der Waals surface area contributed by atoms with Crippen molar-refractivity contribution in [3.8, 4) is 11.5 Å². The standard InChI is InChI=1S/C13H19NO3.C13H17NO3.ClH/c2*1-14(2)9-10-17-12-6-3-11(4-7-12)5-8-13(15)16;/h3-4,6-7H,5,8-10H2,1-2H3,(H,15,16);3-8H,9-10H2,1-2H3,(H,15,16);1H/b;8-5+;. The fourth-order valence-corrected chi connectivity index (χ4v) is 2.54. The van der Waals surface area contributed by atoms with Gasteiger partial charge in [-0.25, -0.2) is 4.79 Å². The Hall–Kier alpha value is -3.07. The van der Waals surface area contributed by atoms with Crippen LogP contribution in [-0.2, 0) is 16.0 Å². The summed E-state index contributed by atoms with van der Waals surface area (Å²) in [4.78, 5) is 24.8. The number of rotatable bonds is 13. The molecule has 194 valence electrons. The number of aryl methyl sites for hydroxylation is 1. The van der Waals surface area contributed by atoms with Gasteiger partial charge in [0.05, 0.1) is 0 Å². The smallest absolute Gasteiger partial charge is 0.328 e. The molecule has 0 fully saturated rings. The van der Waals surface area contributed by atoms with Gasteiger partial charge in [-0.2, -0.15) is 0 Å². The van der Waals surface area contributed by atoms with Gasteiger partial charge in [-0.3, -0.25) is 4.79 Å². The van der Waals surface area contributed by atoms with Gasteiger partial charge in [0, 0.05) is 25.6 Å². The molecule has 0 atom stereocenters. The van der Waals surface area contributed by atoms with Gasteiger partial charge in [0.1, 0.15) is 24.7 Å². The van der Waals surface area contributed by atoms with Crippen LogP contribution in [0.4, 0.5) is 0 Å². The minimum absolute atomic E-state index is 0. The van der Waals surface area contributed by atoms with Crippen molar-refractivity contribution in [2.45, 2.75) is 12.8 Å². The van der Waals surface area contributed by atoms with Gasteiger partial charge in [-0.15, -0.1) is 12.4 Å². The Labute approximate surface area is 214 Å². The highest BCUT2D eigenvalue weighted by molar-refractivity contribution is 5.85. The first kappa shape index (κ1) is 31.9. The average molecular weight is 509 g/mol. The Bertz CT molecular complexity index is 884. The number of carboxylic acid groups (broad SMARTS) is 2. The van der Waals surface area contributed by atoms with Crippen molar-refractivity contribution >= 4 is 30.4 Å². The van der Waals surface area contributed by atoms with E-state index in [0.29, 0.717) is 19.6 Å². The molecule has 0 unspecified atom stereocenters. The van der Waals surface area contributed by atoms with E-state index in [1.807, 2.05) is 81.6 Å². The van der Waals surface area contributed by atoms with Crippen LogP contribution >= 0.6 is 12.4 Å². The summed E-state index contributed by atoms with van der Waals surface area (Å²) in [5.41, 5.74) is 1.86. The summed E-state index contributed by atoms with van der Waals surface area (Å²) in [5.74, 6) is -0.0992. The second kappa shape index (κ2) is 18.3. The summed E-state index contributed by atoms with van der Waals surface area (Å²) in [5, 5.41) is 17.0. The van der Waals surface area contributed by atoms with Crippen LogP contribution in [0.2, 0.25) is 0 Å². The molecule has 0 saturated carbocycles. The molecule has 8 nitrogen and oxygen atoms in total. The highest BCUT2D eigenvalue weighted by atomic mass is 35.5. The van der Waals surface area contributed by atoms with E-state index in [1.54, 1.807) is 6.08 Å². The van der Waals surface area contributed by atoms with Crippen molar-refractivity contribution in [2.75, 3.05) is 54.5 Å². The number of ether oxygens (including phenoxy) is 2. The molecule has 2 aromatic carbocycles. The highest BCUT2D eigenvalue weighted by Gasteiger charge is 2.00. The SMILES string of the molecule is CN(C)CCOc1ccc(/C=C/C(=O)O)cc1.CN(C)CCOc1ccc(CCC(=O)O)cc1.Cl. The minimum atomic E-state index is -0.948. The zero-order valence-corrected chi connectivity index (χ0v) is 21.7. The van der Waals surface area contributed by atoms with Crippen LogP contribution in [0.5, 0.6) is 11.5 Å². The second-order valence-electron chi connectivity index (χ2n) is 8.08. The molecule has 0 aliphatic rings. The van der Waals surface area contributed by atoms with Gasteiger partial charge in [0.25, 0.3) is 0 Å². The second-order valence-corrected chi connectivity index (χ2v) is 8.08. The summed E-state index contributed by atoms with van der Waals surface area (Å²) < 4.78 is 11.1. The number of nitrogens with zero attached hydrogens (tertiary/aromatic N) is 2. The van der Waals surface area contributed by atoms with Crippen molar-refractivity contribution in [3.63, 3.8) is 0 Å². The van der Waals surface area contributed by atoms with E-state index in [1.165, 1.54) is 0 Å². The maximum Gasteiger partial charge on any atom is 0.328 e. The zero-order chi connectivity index (χ0) is 25.3. The molecule has 0 amide bonds. The molecule has 0 aromatic heterocycles. The van der Waals surface area contributed by atoms with E-state index < -0.39 is 11.9 Å². The largest absolute Gasteiger partial charge is 0.492 e. The van der Waals surface area contributed by atoms with E-state index in [0.717, 1.165) is 41.8 Å². The Morgan fingerprint density at radius 1 is 0.800 bits per heavy atom. The molecular weight excluding hydrogens is 472 g/mol. The summed E-state index contributed by atoms with van der Waals surface area (Å²) in [6.45, 7) is 3.03. The monoisotopic (exact) mass is 508 g/mol. The van der Waals surface area contributed by atoms with Crippen LogP contribution in [0.25, 0.3) is 6.08 Å². The minimum Gasteiger partial charge on any atom is -0.492 e. The van der Waals surface area contributed by atoms with Crippen molar-refractivity contribution in [1.29, 1.82) is 0 Å². The predicted molar refractivity (Wildman–Crippen MR) is 141 cm³/mol. The number of hydrogen-bond acceptors (Lipinski definition) is 6. The van der Waals surface area contributed by atoms with Crippen molar-refractivity contribution < 1.29 is 29.3 Å². The maximum absolute atomic E-state index is 10.4. The van der Waals surface area contributed by atoms with Crippen LogP contribution < -0.4 is 9.47 Å². The molecule has 0 heterocycles. The Morgan fingerprint density at radius 2 is 1.26 bits per heavy atom. The summed E-state index contributed by atoms with van der Waals surface area (Å²) >= 11 is 0. The Kier molecular flexibility index (Phi) is 16.7. The van der Waals surface area contributed by atoms with E-state index in [9.17, 15) is 9.59 Å². The first-order valence-corrected chi connectivity index (χ1v) is 11.0. The van der Waals surface area contributed by atoms with Crippen molar-refractivity contribution in [1.82, 2.24) is 9.80 Å². The fraction of sp³-hybridized carbons (Fsp3) is 0.385. The normalized spacial score (nSPS) is 10.5. The third-order valence-electron chi connectivity index (χ3n) is 4.46. The van der Waals surface area contributed by atoms with E-state index in [-0.39, 0.29) is 18.8 Å². The van der Waals surface area contributed by atoms with Gasteiger partial charge >= 0.3 is 11.9 Å². The molecule has 0 aliphatic carbocycles. The lowest BCUT2D eigenvalue weighted by atomic mass is 10.1. The molecule has 0 spiro atoms. The number of benzene rings is 2. The predicted octanol–water partition coefficient (Wildman–Crippen LogP) is 3.79. The van der Waals surface area contributed by atoms with E-state index in [4.69, 9.17) is 19.7 Å². The number of hydrogen-bond donors (Lipinski definition) is 2. The lowest BCUT2D eigenvalue weighted by Gasteiger charge is -2.11. The first-order chi connectivity index (χ1) is 16.2. The van der Waals surface area contributed by atoms with Crippen LogP contribution in [0.1, 0.15) is 17.5 Å². The summed E-state index contributed by atoms with van der Waals surface area (Å²) in [6, 6.07) is 14.9.